The normalized spacial score (nSPS) is 11.3. The van der Waals surface area contributed by atoms with Crippen LogP contribution < -0.4 is 15.4 Å². The van der Waals surface area contributed by atoms with Crippen LogP contribution in [0, 0.1) is 0 Å². The molecule has 0 aliphatic rings. The second-order valence-corrected chi connectivity index (χ2v) is 8.63. The summed E-state index contributed by atoms with van der Waals surface area (Å²) in [4.78, 5) is 39.4. The van der Waals surface area contributed by atoms with Crippen molar-refractivity contribution >= 4 is 39.3 Å². The van der Waals surface area contributed by atoms with Gasteiger partial charge in [-0.2, -0.15) is 0 Å². The van der Waals surface area contributed by atoms with E-state index in [0.29, 0.717) is 12.2 Å². The van der Waals surface area contributed by atoms with Crippen molar-refractivity contribution in [2.24, 2.45) is 0 Å². The van der Waals surface area contributed by atoms with Crippen molar-refractivity contribution in [2.45, 2.75) is 19.5 Å². The molecule has 0 saturated carbocycles. The molecule has 0 saturated heterocycles. The van der Waals surface area contributed by atoms with Crippen molar-refractivity contribution in [2.75, 3.05) is 19.0 Å². The van der Waals surface area contributed by atoms with Crippen LogP contribution in [-0.4, -0.2) is 42.3 Å². The van der Waals surface area contributed by atoms with E-state index in [2.05, 4.69) is 26.6 Å². The van der Waals surface area contributed by atoms with Gasteiger partial charge in [0.05, 0.1) is 5.56 Å². The molecule has 176 valence electrons. The number of hydrogen-bond acceptors (Lipinski definition) is 4. The van der Waals surface area contributed by atoms with E-state index in [0.717, 1.165) is 10.0 Å². The lowest BCUT2D eigenvalue weighted by molar-refractivity contribution is -0.132. The Labute approximate surface area is 207 Å². The Bertz CT molecular complexity index is 1140. The maximum atomic E-state index is 12.9. The monoisotopic (exact) mass is 523 g/mol. The van der Waals surface area contributed by atoms with Crippen LogP contribution in [0.2, 0.25) is 0 Å². The fraction of sp³-hybridized carbons (Fsp3) is 0.192. The zero-order valence-corrected chi connectivity index (χ0v) is 20.5. The standard InChI is InChI=1S/C26H26BrN3O4/c1-18(26(33)30(2)16-19-8-4-3-5-9-19)28-25(32)22-10-6-7-11-23(22)34-17-24(31)29-21-14-12-20(27)13-15-21/h3-15,18H,16-17H2,1-2H3,(H,28,32)(H,29,31)/t18-/m0/s1. The van der Waals surface area contributed by atoms with Gasteiger partial charge in [-0.3, -0.25) is 14.4 Å². The highest BCUT2D eigenvalue weighted by molar-refractivity contribution is 9.10. The summed E-state index contributed by atoms with van der Waals surface area (Å²) in [7, 11) is 1.69. The van der Waals surface area contributed by atoms with E-state index in [1.807, 2.05) is 42.5 Å². The number of hydrogen-bond donors (Lipinski definition) is 2. The number of para-hydroxylation sites is 1. The lowest BCUT2D eigenvalue weighted by Gasteiger charge is -2.22. The average Bonchev–Trinajstić information content (AvgIpc) is 2.84. The Hall–Kier alpha value is -3.65. The average molecular weight is 524 g/mol. The molecule has 0 aromatic heterocycles. The number of rotatable bonds is 9. The first-order valence-corrected chi connectivity index (χ1v) is 11.5. The summed E-state index contributed by atoms with van der Waals surface area (Å²) in [6.07, 6.45) is 0. The van der Waals surface area contributed by atoms with Gasteiger partial charge >= 0.3 is 0 Å². The second kappa shape index (κ2) is 12.0. The highest BCUT2D eigenvalue weighted by Crippen LogP contribution is 2.19. The van der Waals surface area contributed by atoms with Gasteiger partial charge in [-0.25, -0.2) is 0 Å². The van der Waals surface area contributed by atoms with Crippen LogP contribution in [0.15, 0.2) is 83.3 Å². The van der Waals surface area contributed by atoms with Gasteiger partial charge in [0.2, 0.25) is 5.91 Å². The maximum Gasteiger partial charge on any atom is 0.262 e. The lowest BCUT2D eigenvalue weighted by atomic mass is 10.1. The molecule has 0 aliphatic heterocycles. The number of halogens is 1. The summed E-state index contributed by atoms with van der Waals surface area (Å²) in [6.45, 7) is 1.80. The van der Waals surface area contributed by atoms with Crippen LogP contribution in [0.1, 0.15) is 22.8 Å². The molecule has 0 radical (unpaired) electrons. The minimum atomic E-state index is -0.741. The van der Waals surface area contributed by atoms with Crippen LogP contribution in [0.4, 0.5) is 5.69 Å². The van der Waals surface area contributed by atoms with E-state index in [-0.39, 0.29) is 29.7 Å². The van der Waals surface area contributed by atoms with Gasteiger partial charge in [-0.15, -0.1) is 0 Å². The Balaban J connectivity index is 1.57. The Morgan fingerprint density at radius 1 is 0.941 bits per heavy atom. The molecule has 3 aromatic carbocycles. The molecule has 3 rings (SSSR count). The summed E-state index contributed by atoms with van der Waals surface area (Å²) in [6, 6.07) is 22.6. The molecule has 0 bridgehead atoms. The van der Waals surface area contributed by atoms with Gasteiger partial charge in [-0.1, -0.05) is 58.4 Å². The number of amides is 3. The number of anilines is 1. The van der Waals surface area contributed by atoms with Crippen LogP contribution in [0.3, 0.4) is 0 Å². The van der Waals surface area contributed by atoms with E-state index >= 15 is 0 Å². The molecule has 0 unspecified atom stereocenters. The van der Waals surface area contributed by atoms with E-state index in [4.69, 9.17) is 4.74 Å². The highest BCUT2D eigenvalue weighted by atomic mass is 79.9. The predicted molar refractivity (Wildman–Crippen MR) is 135 cm³/mol. The molecule has 34 heavy (non-hydrogen) atoms. The van der Waals surface area contributed by atoms with Gasteiger partial charge in [0.1, 0.15) is 11.8 Å². The summed E-state index contributed by atoms with van der Waals surface area (Å²) in [5, 5.41) is 5.45. The van der Waals surface area contributed by atoms with Crippen LogP contribution >= 0.6 is 15.9 Å². The Kier molecular flexibility index (Phi) is 8.81. The molecule has 1 atom stereocenters. The Morgan fingerprint density at radius 2 is 1.59 bits per heavy atom. The fourth-order valence-electron chi connectivity index (χ4n) is 3.26. The van der Waals surface area contributed by atoms with E-state index in [1.54, 1.807) is 55.3 Å². The minimum Gasteiger partial charge on any atom is -0.483 e. The number of carbonyl (C=O) groups excluding carboxylic acids is 3. The summed E-state index contributed by atoms with van der Waals surface area (Å²) >= 11 is 3.34. The number of benzene rings is 3. The van der Waals surface area contributed by atoms with Crippen molar-refractivity contribution < 1.29 is 19.1 Å². The van der Waals surface area contributed by atoms with Crippen molar-refractivity contribution in [1.82, 2.24) is 10.2 Å². The van der Waals surface area contributed by atoms with Gasteiger partial charge in [0.15, 0.2) is 6.61 Å². The SMILES string of the molecule is C[C@H](NC(=O)c1ccccc1OCC(=O)Nc1ccc(Br)cc1)C(=O)N(C)Cc1ccccc1. The maximum absolute atomic E-state index is 12.9. The molecule has 0 heterocycles. The molecule has 0 aliphatic carbocycles. The summed E-state index contributed by atoms with van der Waals surface area (Å²) in [5.74, 6) is -0.783. The molecule has 3 amide bonds. The lowest BCUT2D eigenvalue weighted by Crippen LogP contribution is -2.45. The van der Waals surface area contributed by atoms with Crippen molar-refractivity contribution in [3.63, 3.8) is 0 Å². The highest BCUT2D eigenvalue weighted by Gasteiger charge is 2.22. The second-order valence-electron chi connectivity index (χ2n) is 7.71. The quantitative estimate of drug-likeness (QED) is 0.439. The predicted octanol–water partition coefficient (Wildman–Crippen LogP) is 4.24. The number of nitrogens with zero attached hydrogens (tertiary/aromatic N) is 1. The molecule has 0 fully saturated rings. The third-order valence-electron chi connectivity index (χ3n) is 4.98. The summed E-state index contributed by atoms with van der Waals surface area (Å²) in [5.41, 5.74) is 1.87. The molecular weight excluding hydrogens is 498 g/mol. The third-order valence-corrected chi connectivity index (χ3v) is 5.50. The van der Waals surface area contributed by atoms with Gasteiger partial charge < -0.3 is 20.3 Å². The number of ether oxygens (including phenoxy) is 1. The van der Waals surface area contributed by atoms with Crippen LogP contribution in [0.25, 0.3) is 0 Å². The van der Waals surface area contributed by atoms with Crippen molar-refractivity contribution in [3.05, 3.63) is 94.5 Å². The molecule has 3 aromatic rings. The first-order chi connectivity index (χ1) is 16.3. The first-order valence-electron chi connectivity index (χ1n) is 10.7. The smallest absolute Gasteiger partial charge is 0.262 e. The third kappa shape index (κ3) is 7.18. The molecular formula is C26H26BrN3O4. The zero-order valence-electron chi connectivity index (χ0n) is 19.0. The molecule has 7 nitrogen and oxygen atoms in total. The van der Waals surface area contributed by atoms with Gasteiger partial charge in [0, 0.05) is 23.8 Å². The van der Waals surface area contributed by atoms with Gasteiger partial charge in [-0.05, 0) is 48.9 Å². The number of nitrogens with one attached hydrogen (secondary N) is 2. The van der Waals surface area contributed by atoms with Crippen LogP contribution in [0.5, 0.6) is 5.75 Å². The molecule has 8 heteroatoms. The van der Waals surface area contributed by atoms with Gasteiger partial charge in [0.25, 0.3) is 11.8 Å². The summed E-state index contributed by atoms with van der Waals surface area (Å²) < 4.78 is 6.51. The minimum absolute atomic E-state index is 0.218. The largest absolute Gasteiger partial charge is 0.483 e. The van der Waals surface area contributed by atoms with Crippen LogP contribution in [-0.2, 0) is 16.1 Å². The van der Waals surface area contributed by atoms with E-state index < -0.39 is 11.9 Å². The number of likely N-dealkylation sites (N-methyl/N-ethyl adjacent to an activating group) is 1. The van der Waals surface area contributed by atoms with Crippen molar-refractivity contribution in [1.29, 1.82) is 0 Å². The number of carbonyl (C=O) groups is 3. The molecule has 2 N–H and O–H groups in total. The topological polar surface area (TPSA) is 87.7 Å². The fourth-order valence-corrected chi connectivity index (χ4v) is 3.52. The van der Waals surface area contributed by atoms with Crippen molar-refractivity contribution in [3.8, 4) is 5.75 Å². The van der Waals surface area contributed by atoms with E-state index in [9.17, 15) is 14.4 Å². The molecule has 0 spiro atoms. The zero-order chi connectivity index (χ0) is 24.5. The Morgan fingerprint density at radius 3 is 2.29 bits per heavy atom. The first kappa shape index (κ1) is 25.0. The van der Waals surface area contributed by atoms with E-state index in [1.165, 1.54) is 0 Å².